The first-order chi connectivity index (χ1) is 13.2. The van der Waals surface area contributed by atoms with Crippen LogP contribution in [0.1, 0.15) is 43.1 Å². The van der Waals surface area contributed by atoms with E-state index < -0.39 is 15.9 Å². The van der Waals surface area contributed by atoms with Crippen LogP contribution in [0.15, 0.2) is 58.5 Å². The molecule has 0 saturated heterocycles. The van der Waals surface area contributed by atoms with Gasteiger partial charge in [-0.3, -0.25) is 4.79 Å². The number of rotatable bonds is 8. The van der Waals surface area contributed by atoms with E-state index in [4.69, 9.17) is 0 Å². The molecule has 3 N–H and O–H groups in total. The molecule has 0 aromatic heterocycles. The summed E-state index contributed by atoms with van der Waals surface area (Å²) in [6.07, 6.45) is 0.872. The summed E-state index contributed by atoms with van der Waals surface area (Å²) in [4.78, 5) is 12.2. The average Bonchev–Trinajstić information content (AvgIpc) is 2.70. The van der Waals surface area contributed by atoms with E-state index in [0.717, 1.165) is 23.8 Å². The molecular weight excluding hydrogens is 378 g/mol. The second-order valence-electron chi connectivity index (χ2n) is 6.49. The fourth-order valence-electron chi connectivity index (χ4n) is 2.33. The predicted molar refractivity (Wildman–Crippen MR) is 109 cm³/mol. The molecule has 0 saturated carbocycles. The maximum atomic E-state index is 12.5. The Morgan fingerprint density at radius 1 is 1.18 bits per heavy atom. The molecule has 8 heteroatoms. The monoisotopic (exact) mass is 403 g/mol. The van der Waals surface area contributed by atoms with E-state index in [2.05, 4.69) is 15.2 Å². The highest BCUT2D eigenvalue weighted by Gasteiger charge is 2.19. The molecule has 150 valence electrons. The SMILES string of the molecule is CC[C@H](C)/C(C)=N\NC(=O)c1cc(S(=O)(=O)NCc2ccccc2)ccc1O. The van der Waals surface area contributed by atoms with Crippen molar-refractivity contribution in [2.24, 2.45) is 11.0 Å². The molecule has 2 rings (SSSR count). The summed E-state index contributed by atoms with van der Waals surface area (Å²) in [7, 11) is -3.86. The molecule has 1 atom stereocenters. The second kappa shape index (κ2) is 9.48. The van der Waals surface area contributed by atoms with Crippen LogP contribution in [0.2, 0.25) is 0 Å². The molecule has 1 amide bonds. The van der Waals surface area contributed by atoms with Gasteiger partial charge in [0, 0.05) is 12.3 Å². The number of carbonyl (C=O) groups excluding carboxylic acids is 1. The van der Waals surface area contributed by atoms with Crippen molar-refractivity contribution in [2.75, 3.05) is 0 Å². The standard InChI is InChI=1S/C20H25N3O4S/c1-4-14(2)15(3)22-23-20(25)18-12-17(10-11-19(18)24)28(26,27)21-13-16-8-6-5-7-9-16/h5-12,14,21,24H,4,13H2,1-3H3,(H,23,25)/b22-15-/t14-/m0/s1. The molecule has 0 aliphatic heterocycles. The minimum absolute atomic E-state index is 0.115. The van der Waals surface area contributed by atoms with E-state index >= 15 is 0 Å². The Bertz CT molecular complexity index is 957. The molecule has 0 aliphatic carbocycles. The number of aromatic hydroxyl groups is 1. The summed E-state index contributed by atoms with van der Waals surface area (Å²) in [6, 6.07) is 12.6. The fourth-order valence-corrected chi connectivity index (χ4v) is 3.37. The van der Waals surface area contributed by atoms with Crippen LogP contribution in [0.5, 0.6) is 5.75 Å². The lowest BCUT2D eigenvalue weighted by Gasteiger charge is -2.11. The Morgan fingerprint density at radius 3 is 2.50 bits per heavy atom. The van der Waals surface area contributed by atoms with Crippen molar-refractivity contribution in [2.45, 2.75) is 38.6 Å². The molecule has 0 aliphatic rings. The number of nitrogens with one attached hydrogen (secondary N) is 2. The number of nitrogens with zero attached hydrogens (tertiary/aromatic N) is 1. The molecule has 2 aromatic rings. The third kappa shape index (κ3) is 5.64. The third-order valence-electron chi connectivity index (χ3n) is 4.49. The zero-order chi connectivity index (χ0) is 20.7. The van der Waals surface area contributed by atoms with Crippen LogP contribution in [0.25, 0.3) is 0 Å². The topological polar surface area (TPSA) is 108 Å². The van der Waals surface area contributed by atoms with Gasteiger partial charge in [-0.25, -0.2) is 18.6 Å². The number of amides is 1. The van der Waals surface area contributed by atoms with Crippen molar-refractivity contribution < 1.29 is 18.3 Å². The first-order valence-corrected chi connectivity index (χ1v) is 10.4. The van der Waals surface area contributed by atoms with E-state index in [0.29, 0.717) is 0 Å². The lowest BCUT2D eigenvalue weighted by Crippen LogP contribution is -2.24. The molecule has 7 nitrogen and oxygen atoms in total. The summed E-state index contributed by atoms with van der Waals surface area (Å²) >= 11 is 0. The van der Waals surface area contributed by atoms with Crippen LogP contribution in [-0.4, -0.2) is 25.1 Å². The van der Waals surface area contributed by atoms with Gasteiger partial charge in [0.25, 0.3) is 5.91 Å². The molecule has 0 heterocycles. The van der Waals surface area contributed by atoms with Crippen molar-refractivity contribution >= 4 is 21.6 Å². The first kappa shape index (κ1) is 21.6. The second-order valence-corrected chi connectivity index (χ2v) is 8.26. The highest BCUT2D eigenvalue weighted by atomic mass is 32.2. The Balaban J connectivity index is 2.18. The van der Waals surface area contributed by atoms with Crippen LogP contribution >= 0.6 is 0 Å². The van der Waals surface area contributed by atoms with Gasteiger partial charge in [-0.05, 0) is 43.0 Å². The largest absolute Gasteiger partial charge is 0.507 e. The van der Waals surface area contributed by atoms with Crippen molar-refractivity contribution in [3.05, 3.63) is 59.7 Å². The number of phenols is 1. The van der Waals surface area contributed by atoms with Crippen LogP contribution in [0, 0.1) is 5.92 Å². The third-order valence-corrected chi connectivity index (χ3v) is 5.89. The van der Waals surface area contributed by atoms with Crippen LogP contribution < -0.4 is 10.1 Å². The molecule has 28 heavy (non-hydrogen) atoms. The Morgan fingerprint density at radius 2 is 1.86 bits per heavy atom. The van der Waals surface area contributed by atoms with Crippen molar-refractivity contribution in [3.8, 4) is 5.75 Å². The Labute approximate surface area is 165 Å². The number of hydrogen-bond donors (Lipinski definition) is 3. The van der Waals surface area contributed by atoms with Crippen molar-refractivity contribution in [1.82, 2.24) is 10.1 Å². The van der Waals surface area contributed by atoms with Crippen LogP contribution in [0.4, 0.5) is 0 Å². The summed E-state index contributed by atoms with van der Waals surface area (Å²) in [5, 5.41) is 14.0. The maximum absolute atomic E-state index is 12.5. The highest BCUT2D eigenvalue weighted by molar-refractivity contribution is 7.89. The molecule has 0 radical (unpaired) electrons. The van der Waals surface area contributed by atoms with E-state index in [-0.39, 0.29) is 28.7 Å². The Kier molecular flexibility index (Phi) is 7.31. The van der Waals surface area contributed by atoms with E-state index in [1.54, 1.807) is 19.1 Å². The number of sulfonamides is 1. The van der Waals surface area contributed by atoms with Gasteiger partial charge in [0.05, 0.1) is 10.5 Å². The van der Waals surface area contributed by atoms with Gasteiger partial charge in [-0.2, -0.15) is 5.10 Å². The van der Waals surface area contributed by atoms with Gasteiger partial charge >= 0.3 is 0 Å². The summed E-state index contributed by atoms with van der Waals surface area (Å²) in [5.41, 5.74) is 3.74. The fraction of sp³-hybridized carbons (Fsp3) is 0.300. The first-order valence-electron chi connectivity index (χ1n) is 8.95. The van der Waals surface area contributed by atoms with Crippen LogP contribution in [0.3, 0.4) is 0 Å². The molecule has 0 spiro atoms. The number of hydrazone groups is 1. The van der Waals surface area contributed by atoms with E-state index in [9.17, 15) is 18.3 Å². The molecular formula is C20H25N3O4S. The molecule has 0 unspecified atom stereocenters. The summed E-state index contributed by atoms with van der Waals surface area (Å²) < 4.78 is 27.5. The van der Waals surface area contributed by atoms with E-state index in [1.165, 1.54) is 12.1 Å². The lowest BCUT2D eigenvalue weighted by atomic mass is 10.1. The highest BCUT2D eigenvalue weighted by Crippen LogP contribution is 2.21. The maximum Gasteiger partial charge on any atom is 0.275 e. The van der Waals surface area contributed by atoms with Crippen molar-refractivity contribution in [1.29, 1.82) is 0 Å². The minimum atomic E-state index is -3.86. The smallest absolute Gasteiger partial charge is 0.275 e. The molecule has 0 bridgehead atoms. The van der Waals surface area contributed by atoms with Gasteiger partial charge < -0.3 is 5.11 Å². The van der Waals surface area contributed by atoms with Crippen LogP contribution in [-0.2, 0) is 16.6 Å². The normalized spacial score (nSPS) is 13.2. The molecule has 2 aromatic carbocycles. The molecule has 0 fully saturated rings. The zero-order valence-electron chi connectivity index (χ0n) is 16.1. The lowest BCUT2D eigenvalue weighted by molar-refractivity contribution is 0.0951. The van der Waals surface area contributed by atoms with Gasteiger partial charge in [-0.1, -0.05) is 44.2 Å². The summed E-state index contributed by atoms with van der Waals surface area (Å²) in [6.45, 7) is 5.90. The predicted octanol–water partition coefficient (Wildman–Crippen LogP) is 3.02. The minimum Gasteiger partial charge on any atom is -0.507 e. The van der Waals surface area contributed by atoms with Crippen molar-refractivity contribution in [3.63, 3.8) is 0 Å². The van der Waals surface area contributed by atoms with Gasteiger partial charge in [0.1, 0.15) is 5.75 Å². The number of hydrogen-bond acceptors (Lipinski definition) is 5. The number of benzene rings is 2. The summed E-state index contributed by atoms with van der Waals surface area (Å²) in [5.74, 6) is -0.807. The average molecular weight is 404 g/mol. The van der Waals surface area contributed by atoms with Gasteiger partial charge in [0.15, 0.2) is 0 Å². The van der Waals surface area contributed by atoms with Gasteiger partial charge in [-0.15, -0.1) is 0 Å². The number of phenolic OH excluding ortho intramolecular Hbond substituents is 1. The Hall–Kier alpha value is -2.71. The van der Waals surface area contributed by atoms with E-state index in [1.807, 2.05) is 32.0 Å². The quantitative estimate of drug-likeness (QED) is 0.465. The zero-order valence-corrected chi connectivity index (χ0v) is 17.0. The van der Waals surface area contributed by atoms with Gasteiger partial charge in [0.2, 0.25) is 10.0 Å². The number of carbonyl (C=O) groups is 1.